The van der Waals surface area contributed by atoms with E-state index in [-0.39, 0.29) is 0 Å². The molecule has 20 heavy (non-hydrogen) atoms. The maximum atomic E-state index is 13.6. The summed E-state index contributed by atoms with van der Waals surface area (Å²) in [5, 5.41) is 9.10. The molecule has 4 heteroatoms. The fourth-order valence-electron chi connectivity index (χ4n) is 2.94. The largest absolute Gasteiger partial charge is 0.505 e. The lowest BCUT2D eigenvalue weighted by Crippen LogP contribution is -2.16. The Labute approximate surface area is 123 Å². The lowest BCUT2D eigenvalue weighted by Gasteiger charge is -2.28. The van der Waals surface area contributed by atoms with E-state index in [4.69, 9.17) is 5.11 Å². The Morgan fingerprint density at radius 1 is 1.10 bits per heavy atom. The molecule has 0 aliphatic heterocycles. The zero-order valence-corrected chi connectivity index (χ0v) is 12.7. The van der Waals surface area contributed by atoms with Crippen LogP contribution in [-0.2, 0) is 0 Å². The second-order valence-electron chi connectivity index (χ2n) is 5.70. The van der Waals surface area contributed by atoms with Gasteiger partial charge in [0.15, 0.2) is 11.6 Å². The van der Waals surface area contributed by atoms with E-state index in [1.807, 2.05) is 0 Å². The number of halogens is 2. The van der Waals surface area contributed by atoms with E-state index in [2.05, 4.69) is 6.92 Å². The van der Waals surface area contributed by atoms with Gasteiger partial charge in [0.1, 0.15) is 0 Å². The number of hydrogen-bond acceptors (Lipinski definition) is 2. The Morgan fingerprint density at radius 2 is 1.75 bits per heavy atom. The molecule has 0 radical (unpaired) electrons. The summed E-state index contributed by atoms with van der Waals surface area (Å²) in [4.78, 5) is 0.302. The Kier molecular flexibility index (Phi) is 5.70. The van der Waals surface area contributed by atoms with Crippen molar-refractivity contribution in [3.63, 3.8) is 0 Å². The summed E-state index contributed by atoms with van der Waals surface area (Å²) in [5.41, 5.74) is 0. The van der Waals surface area contributed by atoms with Crippen LogP contribution in [0.1, 0.15) is 45.4 Å². The van der Waals surface area contributed by atoms with Gasteiger partial charge in [-0.2, -0.15) is 4.39 Å². The predicted molar refractivity (Wildman–Crippen MR) is 79.1 cm³/mol. The molecule has 1 aliphatic rings. The molecule has 1 saturated carbocycles. The lowest BCUT2D eigenvalue weighted by molar-refractivity contribution is 0.279. The molecule has 0 aromatic heterocycles. The van der Waals surface area contributed by atoms with Crippen LogP contribution in [0.4, 0.5) is 8.78 Å². The smallest absolute Gasteiger partial charge is 0.201 e. The Morgan fingerprint density at radius 3 is 2.40 bits per heavy atom. The fourth-order valence-corrected chi connectivity index (χ4v) is 4.06. The van der Waals surface area contributed by atoms with Gasteiger partial charge in [-0.15, -0.1) is 11.8 Å². The van der Waals surface area contributed by atoms with Crippen molar-refractivity contribution in [2.45, 2.75) is 50.3 Å². The summed E-state index contributed by atoms with van der Waals surface area (Å²) in [6.45, 7) is 2.23. The van der Waals surface area contributed by atoms with Gasteiger partial charge in [-0.3, -0.25) is 0 Å². The number of phenols is 1. The van der Waals surface area contributed by atoms with Crippen LogP contribution in [0.15, 0.2) is 17.0 Å². The first kappa shape index (κ1) is 15.6. The average Bonchev–Trinajstić information content (AvgIpc) is 2.46. The van der Waals surface area contributed by atoms with Gasteiger partial charge in [-0.05, 0) is 36.8 Å². The molecule has 1 aromatic rings. The summed E-state index contributed by atoms with van der Waals surface area (Å²) in [5.74, 6) is -0.378. The van der Waals surface area contributed by atoms with Crippen LogP contribution in [0, 0.1) is 23.5 Å². The normalized spacial score (nSPS) is 22.9. The monoisotopic (exact) mass is 300 g/mol. The number of thioether (sulfide) groups is 1. The van der Waals surface area contributed by atoms with E-state index in [9.17, 15) is 8.78 Å². The van der Waals surface area contributed by atoms with Crippen LogP contribution < -0.4 is 0 Å². The van der Waals surface area contributed by atoms with E-state index >= 15 is 0 Å². The average molecular weight is 300 g/mol. The third kappa shape index (κ3) is 3.87. The molecular formula is C16H22F2OS. The Balaban J connectivity index is 1.83. The molecule has 0 saturated heterocycles. The number of phenolic OH excluding ortho intramolecular Hbond substituents is 1. The van der Waals surface area contributed by atoms with Gasteiger partial charge in [0, 0.05) is 10.6 Å². The van der Waals surface area contributed by atoms with Crippen LogP contribution in [0.25, 0.3) is 0 Å². The quantitative estimate of drug-likeness (QED) is 0.738. The van der Waals surface area contributed by atoms with Crippen molar-refractivity contribution in [3.05, 3.63) is 23.8 Å². The van der Waals surface area contributed by atoms with Crippen LogP contribution >= 0.6 is 11.8 Å². The molecule has 0 heterocycles. The zero-order valence-electron chi connectivity index (χ0n) is 11.9. The molecule has 2 rings (SSSR count). The highest BCUT2D eigenvalue weighted by Crippen LogP contribution is 2.36. The molecule has 112 valence electrons. The van der Waals surface area contributed by atoms with Gasteiger partial charge in [0.2, 0.25) is 5.82 Å². The van der Waals surface area contributed by atoms with Gasteiger partial charge in [0.25, 0.3) is 0 Å². The van der Waals surface area contributed by atoms with Crippen molar-refractivity contribution >= 4 is 11.8 Å². The van der Waals surface area contributed by atoms with Gasteiger partial charge >= 0.3 is 0 Å². The van der Waals surface area contributed by atoms with E-state index in [1.165, 1.54) is 62.4 Å². The molecule has 0 amide bonds. The Hall–Kier alpha value is -0.770. The predicted octanol–water partition coefficient (Wildman–Crippen LogP) is 5.37. The van der Waals surface area contributed by atoms with Crippen LogP contribution in [0.3, 0.4) is 0 Å². The second-order valence-corrected chi connectivity index (χ2v) is 6.76. The van der Waals surface area contributed by atoms with Gasteiger partial charge < -0.3 is 5.11 Å². The molecule has 0 unspecified atom stereocenters. The zero-order chi connectivity index (χ0) is 14.5. The third-order valence-corrected chi connectivity index (χ3v) is 5.43. The summed E-state index contributed by atoms with van der Waals surface area (Å²) < 4.78 is 26.9. The molecule has 1 nitrogen and oxygen atoms in total. The van der Waals surface area contributed by atoms with E-state index in [0.717, 1.165) is 11.7 Å². The standard InChI is InChI=1S/C16H22F2OS/c1-2-3-11-4-6-12(7-5-11)10-20-14-9-8-13(19)15(17)16(14)18/h8-9,11-12,19H,2-7,10H2,1H3. The molecule has 1 aliphatic carbocycles. The summed E-state index contributed by atoms with van der Waals surface area (Å²) in [6.07, 6.45) is 7.50. The highest BCUT2D eigenvalue weighted by molar-refractivity contribution is 7.99. The number of hydrogen-bond donors (Lipinski definition) is 1. The third-order valence-electron chi connectivity index (χ3n) is 4.16. The summed E-state index contributed by atoms with van der Waals surface area (Å²) >= 11 is 1.36. The summed E-state index contributed by atoms with van der Waals surface area (Å²) in [6, 6.07) is 2.68. The van der Waals surface area contributed by atoms with Crippen molar-refractivity contribution in [2.75, 3.05) is 5.75 Å². The highest BCUT2D eigenvalue weighted by atomic mass is 32.2. The molecule has 0 bridgehead atoms. The second kappa shape index (κ2) is 7.30. The number of aromatic hydroxyl groups is 1. The van der Waals surface area contributed by atoms with E-state index in [0.29, 0.717) is 10.8 Å². The van der Waals surface area contributed by atoms with Crippen LogP contribution in [-0.4, -0.2) is 10.9 Å². The highest BCUT2D eigenvalue weighted by Gasteiger charge is 2.21. The van der Waals surface area contributed by atoms with E-state index < -0.39 is 17.4 Å². The molecule has 0 spiro atoms. The topological polar surface area (TPSA) is 20.2 Å². The minimum atomic E-state index is -1.14. The Bertz CT molecular complexity index is 442. The first-order valence-corrected chi connectivity index (χ1v) is 8.40. The van der Waals surface area contributed by atoms with Crippen molar-refractivity contribution in [2.24, 2.45) is 11.8 Å². The minimum Gasteiger partial charge on any atom is -0.505 e. The van der Waals surface area contributed by atoms with Crippen LogP contribution in [0.5, 0.6) is 5.75 Å². The maximum absolute atomic E-state index is 13.6. The molecule has 1 fully saturated rings. The SMILES string of the molecule is CCCC1CCC(CSc2ccc(O)c(F)c2F)CC1. The minimum absolute atomic E-state index is 0.302. The lowest BCUT2D eigenvalue weighted by atomic mass is 9.81. The maximum Gasteiger partial charge on any atom is 0.201 e. The van der Waals surface area contributed by atoms with Crippen molar-refractivity contribution < 1.29 is 13.9 Å². The van der Waals surface area contributed by atoms with Crippen molar-refractivity contribution in [3.8, 4) is 5.75 Å². The number of rotatable bonds is 5. The first-order valence-electron chi connectivity index (χ1n) is 7.41. The molecule has 1 aromatic carbocycles. The van der Waals surface area contributed by atoms with E-state index in [1.54, 1.807) is 0 Å². The van der Waals surface area contributed by atoms with Crippen LogP contribution in [0.2, 0.25) is 0 Å². The summed E-state index contributed by atoms with van der Waals surface area (Å²) in [7, 11) is 0. The van der Waals surface area contributed by atoms with Crippen molar-refractivity contribution in [1.82, 2.24) is 0 Å². The molecule has 1 N–H and O–H groups in total. The molecular weight excluding hydrogens is 278 g/mol. The number of benzene rings is 1. The van der Waals surface area contributed by atoms with Gasteiger partial charge in [0.05, 0.1) is 0 Å². The van der Waals surface area contributed by atoms with Gasteiger partial charge in [-0.1, -0.05) is 32.6 Å². The van der Waals surface area contributed by atoms with Gasteiger partial charge in [-0.25, -0.2) is 4.39 Å². The first-order chi connectivity index (χ1) is 9.61. The van der Waals surface area contributed by atoms with Crippen molar-refractivity contribution in [1.29, 1.82) is 0 Å². The molecule has 0 atom stereocenters. The fraction of sp³-hybridized carbons (Fsp3) is 0.625.